The Bertz CT molecular complexity index is 297. The second-order valence-electron chi connectivity index (χ2n) is 5.57. The topological polar surface area (TPSA) is 66.4 Å². The summed E-state index contributed by atoms with van der Waals surface area (Å²) < 4.78 is 29.5. The first-order valence-electron chi connectivity index (χ1n) is 8.22. The molecule has 6 heteroatoms. The SMILES string of the molecule is CCCCCCCCCCCCNCCCS(=O)(=O)O.[Na]. The van der Waals surface area contributed by atoms with E-state index in [0.717, 1.165) is 13.0 Å². The van der Waals surface area contributed by atoms with Crippen LogP contribution in [0.4, 0.5) is 0 Å². The van der Waals surface area contributed by atoms with Gasteiger partial charge in [-0.3, -0.25) is 4.55 Å². The monoisotopic (exact) mass is 330 g/mol. The summed E-state index contributed by atoms with van der Waals surface area (Å²) in [5.41, 5.74) is 0. The number of unbranched alkanes of at least 4 members (excludes halogenated alkanes) is 9. The molecule has 123 valence electrons. The van der Waals surface area contributed by atoms with Crippen molar-refractivity contribution in [3.8, 4) is 0 Å². The maximum absolute atomic E-state index is 10.5. The molecule has 0 aliphatic rings. The van der Waals surface area contributed by atoms with E-state index in [0.29, 0.717) is 13.0 Å². The summed E-state index contributed by atoms with van der Waals surface area (Å²) >= 11 is 0. The summed E-state index contributed by atoms with van der Waals surface area (Å²) in [6, 6.07) is 0. The Morgan fingerprint density at radius 3 is 1.67 bits per heavy atom. The molecule has 0 atom stereocenters. The van der Waals surface area contributed by atoms with E-state index in [1.165, 1.54) is 57.8 Å². The van der Waals surface area contributed by atoms with Gasteiger partial charge in [-0.15, -0.1) is 0 Å². The minimum absolute atomic E-state index is 0. The van der Waals surface area contributed by atoms with E-state index in [1.54, 1.807) is 0 Å². The van der Waals surface area contributed by atoms with Crippen LogP contribution in [-0.4, -0.2) is 61.4 Å². The average Bonchev–Trinajstić information content (AvgIpc) is 2.38. The minimum Gasteiger partial charge on any atom is -0.317 e. The average molecular weight is 330 g/mol. The van der Waals surface area contributed by atoms with Crippen molar-refractivity contribution in [2.45, 2.75) is 77.6 Å². The summed E-state index contributed by atoms with van der Waals surface area (Å²) in [4.78, 5) is 0. The molecule has 4 nitrogen and oxygen atoms in total. The van der Waals surface area contributed by atoms with Crippen LogP contribution in [0.5, 0.6) is 0 Å². The first-order valence-corrected chi connectivity index (χ1v) is 9.83. The summed E-state index contributed by atoms with van der Waals surface area (Å²) in [5, 5.41) is 3.21. The Morgan fingerprint density at radius 2 is 1.19 bits per heavy atom. The van der Waals surface area contributed by atoms with Crippen LogP contribution in [0, 0.1) is 0 Å². The summed E-state index contributed by atoms with van der Waals surface area (Å²) in [6.07, 6.45) is 13.8. The minimum atomic E-state index is -3.78. The molecule has 0 saturated heterocycles. The number of rotatable bonds is 15. The second-order valence-corrected chi connectivity index (χ2v) is 7.14. The van der Waals surface area contributed by atoms with Gasteiger partial charge in [-0.2, -0.15) is 8.42 Å². The normalized spacial score (nSPS) is 11.3. The maximum Gasteiger partial charge on any atom is 0.264 e. The van der Waals surface area contributed by atoms with Gasteiger partial charge in [-0.1, -0.05) is 64.7 Å². The van der Waals surface area contributed by atoms with Gasteiger partial charge in [0.05, 0.1) is 5.75 Å². The Labute approximate surface area is 153 Å². The third-order valence-electron chi connectivity index (χ3n) is 3.46. The molecule has 0 heterocycles. The van der Waals surface area contributed by atoms with Gasteiger partial charge < -0.3 is 5.32 Å². The van der Waals surface area contributed by atoms with Crippen LogP contribution in [0.25, 0.3) is 0 Å². The molecule has 2 N–H and O–H groups in total. The Balaban J connectivity index is 0. The Kier molecular flexibility index (Phi) is 19.8. The molecule has 0 amide bonds. The van der Waals surface area contributed by atoms with Gasteiger partial charge in [0, 0.05) is 29.6 Å². The van der Waals surface area contributed by atoms with E-state index in [-0.39, 0.29) is 35.3 Å². The molecule has 0 aromatic rings. The van der Waals surface area contributed by atoms with Crippen molar-refractivity contribution < 1.29 is 13.0 Å². The predicted molar refractivity (Wildman–Crippen MR) is 91.5 cm³/mol. The van der Waals surface area contributed by atoms with Crippen molar-refractivity contribution >= 4 is 39.7 Å². The zero-order chi connectivity index (χ0) is 15.1. The quantitative estimate of drug-likeness (QED) is 0.274. The van der Waals surface area contributed by atoms with Gasteiger partial charge in [0.1, 0.15) is 0 Å². The van der Waals surface area contributed by atoms with E-state index in [9.17, 15) is 8.42 Å². The van der Waals surface area contributed by atoms with E-state index < -0.39 is 10.1 Å². The first kappa shape index (κ1) is 24.1. The van der Waals surface area contributed by atoms with Crippen molar-refractivity contribution in [2.75, 3.05) is 18.8 Å². The molecule has 0 aliphatic heterocycles. The standard InChI is InChI=1S/C15H33NO3S.Na/c1-2-3-4-5-6-7-8-9-10-11-13-16-14-12-15-20(17,18)19;/h16H,2-15H2,1H3,(H,17,18,19);. The fourth-order valence-electron chi connectivity index (χ4n) is 2.24. The molecule has 21 heavy (non-hydrogen) atoms. The van der Waals surface area contributed by atoms with E-state index in [1.807, 2.05) is 0 Å². The number of nitrogens with one attached hydrogen (secondary N) is 1. The van der Waals surface area contributed by atoms with Crippen LogP contribution in [0.2, 0.25) is 0 Å². The third-order valence-corrected chi connectivity index (χ3v) is 4.27. The second kappa shape index (κ2) is 17.2. The predicted octanol–water partition coefficient (Wildman–Crippen LogP) is 3.39. The summed E-state index contributed by atoms with van der Waals surface area (Å²) in [6.45, 7) is 3.86. The summed E-state index contributed by atoms with van der Waals surface area (Å²) in [7, 11) is -3.78. The van der Waals surface area contributed by atoms with Gasteiger partial charge in [-0.25, -0.2) is 0 Å². The van der Waals surface area contributed by atoms with E-state index in [4.69, 9.17) is 4.55 Å². The third kappa shape index (κ3) is 23.3. The van der Waals surface area contributed by atoms with Crippen molar-refractivity contribution in [1.82, 2.24) is 5.32 Å². The van der Waals surface area contributed by atoms with Crippen LogP contribution in [0.15, 0.2) is 0 Å². The zero-order valence-corrected chi connectivity index (χ0v) is 16.9. The zero-order valence-electron chi connectivity index (χ0n) is 14.1. The molecule has 0 rings (SSSR count). The van der Waals surface area contributed by atoms with Crippen LogP contribution in [0.3, 0.4) is 0 Å². The molecule has 0 spiro atoms. The molecule has 1 radical (unpaired) electrons. The van der Waals surface area contributed by atoms with Gasteiger partial charge in [0.15, 0.2) is 0 Å². The van der Waals surface area contributed by atoms with Crippen LogP contribution >= 0.6 is 0 Å². The molecule has 0 aromatic carbocycles. The molecule has 0 aliphatic carbocycles. The van der Waals surface area contributed by atoms with Crippen molar-refractivity contribution in [3.05, 3.63) is 0 Å². The molecular formula is C15H33NNaO3S. The van der Waals surface area contributed by atoms with Crippen molar-refractivity contribution in [2.24, 2.45) is 0 Å². The molecule has 0 bridgehead atoms. The Hall–Kier alpha value is 0.870. The van der Waals surface area contributed by atoms with E-state index in [2.05, 4.69) is 12.2 Å². The number of hydrogen-bond acceptors (Lipinski definition) is 3. The van der Waals surface area contributed by atoms with Crippen LogP contribution in [-0.2, 0) is 10.1 Å². The van der Waals surface area contributed by atoms with Crippen molar-refractivity contribution in [3.63, 3.8) is 0 Å². The van der Waals surface area contributed by atoms with Gasteiger partial charge in [0.2, 0.25) is 0 Å². The maximum atomic E-state index is 10.5. The fraction of sp³-hybridized carbons (Fsp3) is 1.00. The molecule has 0 unspecified atom stereocenters. The first-order chi connectivity index (χ1) is 9.56. The van der Waals surface area contributed by atoms with Crippen molar-refractivity contribution in [1.29, 1.82) is 0 Å². The van der Waals surface area contributed by atoms with Gasteiger partial charge in [0.25, 0.3) is 10.1 Å². The van der Waals surface area contributed by atoms with Crippen LogP contribution in [0.1, 0.15) is 77.6 Å². The Morgan fingerprint density at radius 1 is 0.762 bits per heavy atom. The smallest absolute Gasteiger partial charge is 0.264 e. The fourth-order valence-corrected chi connectivity index (χ4v) is 2.75. The largest absolute Gasteiger partial charge is 0.317 e. The molecular weight excluding hydrogens is 297 g/mol. The van der Waals surface area contributed by atoms with Gasteiger partial charge >= 0.3 is 0 Å². The number of hydrogen-bond donors (Lipinski definition) is 2. The van der Waals surface area contributed by atoms with E-state index >= 15 is 0 Å². The molecule has 0 saturated carbocycles. The van der Waals surface area contributed by atoms with Crippen LogP contribution < -0.4 is 5.32 Å². The summed E-state index contributed by atoms with van der Waals surface area (Å²) in [5.74, 6) is -0.141. The molecule has 0 aromatic heterocycles. The van der Waals surface area contributed by atoms with Gasteiger partial charge in [-0.05, 0) is 25.9 Å². The molecule has 0 fully saturated rings.